The van der Waals surface area contributed by atoms with Crippen molar-refractivity contribution >= 4 is 43.4 Å². The van der Waals surface area contributed by atoms with Crippen molar-refractivity contribution in [1.82, 2.24) is 4.98 Å². The van der Waals surface area contributed by atoms with Crippen LogP contribution < -0.4 is 14.5 Å². The van der Waals surface area contributed by atoms with Crippen LogP contribution >= 0.6 is 11.3 Å². The molecule has 0 spiro atoms. The molecule has 0 unspecified atom stereocenters. The average molecular weight is 421 g/mol. The number of ether oxygens (including phenoxy) is 1. The van der Waals surface area contributed by atoms with E-state index in [0.29, 0.717) is 13.0 Å². The molecule has 1 amide bonds. The highest BCUT2D eigenvalue weighted by atomic mass is 32.1. The number of methoxy groups -OCH3 is 1. The Bertz CT molecular complexity index is 1180. The third-order valence-corrected chi connectivity index (χ3v) is 6.22. The number of para-hydroxylation sites is 1. The number of likely N-dealkylation sites (N-methyl/N-ethyl adjacent to an activating group) is 1. The molecule has 0 atom stereocenters. The maximum absolute atomic E-state index is 13.5. The van der Waals surface area contributed by atoms with Crippen molar-refractivity contribution in [3.63, 3.8) is 0 Å². The zero-order valence-electron chi connectivity index (χ0n) is 17.5. The summed E-state index contributed by atoms with van der Waals surface area (Å²) in [6.07, 6.45) is 0.344. The number of nitrogens with zero attached hydrogens (tertiary/aromatic N) is 2. The van der Waals surface area contributed by atoms with Gasteiger partial charge >= 0.3 is 0 Å². The van der Waals surface area contributed by atoms with Gasteiger partial charge in [-0.25, -0.2) is 4.98 Å². The van der Waals surface area contributed by atoms with E-state index < -0.39 is 0 Å². The van der Waals surface area contributed by atoms with Crippen molar-refractivity contribution < 1.29 is 14.4 Å². The first-order chi connectivity index (χ1) is 14.6. The molecule has 3 aromatic carbocycles. The number of thiazole rings is 1. The van der Waals surface area contributed by atoms with E-state index in [9.17, 15) is 4.79 Å². The van der Waals surface area contributed by atoms with Gasteiger partial charge < -0.3 is 9.64 Å². The summed E-state index contributed by atoms with van der Waals surface area (Å²) in [6, 6.07) is 20.2. The number of amides is 1. The zero-order chi connectivity index (χ0) is 21.1. The summed E-state index contributed by atoms with van der Waals surface area (Å²) in [7, 11) is 5.83. The number of fused-ring (bicyclic) bond motifs is 2. The van der Waals surface area contributed by atoms with Crippen LogP contribution in [-0.4, -0.2) is 45.2 Å². The number of anilines is 1. The number of aromatic nitrogens is 1. The second-order valence-corrected chi connectivity index (χ2v) is 8.63. The van der Waals surface area contributed by atoms with Gasteiger partial charge in [0.1, 0.15) is 11.3 Å². The number of carbonyl (C=O) groups is 1. The van der Waals surface area contributed by atoms with Crippen molar-refractivity contribution in [1.29, 1.82) is 0 Å². The lowest BCUT2D eigenvalue weighted by atomic mass is 10.0. The Morgan fingerprint density at radius 3 is 2.63 bits per heavy atom. The molecule has 4 rings (SSSR count). The molecule has 1 aromatic heterocycles. The molecule has 4 aromatic rings. The van der Waals surface area contributed by atoms with Gasteiger partial charge in [0, 0.05) is 0 Å². The first kappa shape index (κ1) is 20.3. The van der Waals surface area contributed by atoms with E-state index in [1.54, 1.807) is 7.11 Å². The Morgan fingerprint density at radius 2 is 1.83 bits per heavy atom. The molecular weight excluding hydrogens is 394 g/mol. The Labute approximate surface area is 180 Å². The second-order valence-electron chi connectivity index (χ2n) is 7.62. The van der Waals surface area contributed by atoms with E-state index in [0.717, 1.165) is 44.0 Å². The number of hydrogen-bond acceptors (Lipinski definition) is 4. The molecule has 6 heteroatoms. The molecular formula is C24H26N3O2S+. The fourth-order valence-corrected chi connectivity index (χ4v) is 4.59. The lowest BCUT2D eigenvalue weighted by molar-refractivity contribution is -0.856. The number of nitrogens with one attached hydrogen (secondary N) is 1. The topological polar surface area (TPSA) is 46.9 Å². The van der Waals surface area contributed by atoms with Gasteiger partial charge in [-0.05, 0) is 28.5 Å². The smallest absolute Gasteiger partial charge is 0.233 e. The van der Waals surface area contributed by atoms with Crippen LogP contribution in [0.15, 0.2) is 60.7 Å². The Kier molecular flexibility index (Phi) is 5.97. The number of hydrogen-bond donors (Lipinski definition) is 1. The van der Waals surface area contributed by atoms with E-state index >= 15 is 0 Å². The third-order valence-electron chi connectivity index (χ3n) is 5.18. The summed E-state index contributed by atoms with van der Waals surface area (Å²) in [5, 5.41) is 3.00. The fourth-order valence-electron chi connectivity index (χ4n) is 3.56. The number of carbonyl (C=O) groups excluding carboxylic acids is 1. The average Bonchev–Trinajstić information content (AvgIpc) is 3.18. The summed E-state index contributed by atoms with van der Waals surface area (Å²) >= 11 is 1.53. The van der Waals surface area contributed by atoms with Crippen LogP contribution in [0.3, 0.4) is 0 Å². The molecule has 0 aliphatic carbocycles. The van der Waals surface area contributed by atoms with E-state index in [2.05, 4.69) is 32.3 Å². The molecule has 5 nitrogen and oxygen atoms in total. The van der Waals surface area contributed by atoms with E-state index in [4.69, 9.17) is 9.72 Å². The fraction of sp³-hybridized carbons (Fsp3) is 0.250. The van der Waals surface area contributed by atoms with Crippen molar-refractivity contribution in [2.75, 3.05) is 39.2 Å². The predicted octanol–water partition coefficient (Wildman–Crippen LogP) is 3.18. The lowest BCUT2D eigenvalue weighted by Crippen LogP contribution is -3.06. The minimum absolute atomic E-state index is 0.0608. The van der Waals surface area contributed by atoms with Crippen molar-refractivity contribution in [3.05, 3.63) is 66.2 Å². The van der Waals surface area contributed by atoms with Crippen LogP contribution in [0.5, 0.6) is 5.75 Å². The minimum atomic E-state index is 0.0608. The van der Waals surface area contributed by atoms with Crippen LogP contribution in [0, 0.1) is 0 Å². The molecule has 0 saturated heterocycles. The van der Waals surface area contributed by atoms with Crippen LogP contribution in [0.1, 0.15) is 5.56 Å². The van der Waals surface area contributed by atoms with Crippen molar-refractivity contribution in [2.45, 2.75) is 6.42 Å². The van der Waals surface area contributed by atoms with Gasteiger partial charge in [0.05, 0.1) is 45.4 Å². The Balaban J connectivity index is 1.69. The predicted molar refractivity (Wildman–Crippen MR) is 124 cm³/mol. The van der Waals surface area contributed by atoms with Gasteiger partial charge in [-0.15, -0.1) is 0 Å². The Hall–Kier alpha value is -2.96. The highest BCUT2D eigenvalue weighted by Gasteiger charge is 2.22. The summed E-state index contributed by atoms with van der Waals surface area (Å²) in [5.41, 5.74) is 1.85. The van der Waals surface area contributed by atoms with Gasteiger partial charge in [-0.1, -0.05) is 59.9 Å². The van der Waals surface area contributed by atoms with Crippen LogP contribution in [0.4, 0.5) is 5.13 Å². The molecule has 1 heterocycles. The largest absolute Gasteiger partial charge is 0.494 e. The van der Waals surface area contributed by atoms with Gasteiger partial charge in [-0.3, -0.25) is 9.69 Å². The summed E-state index contributed by atoms with van der Waals surface area (Å²) in [5.74, 6) is 0.792. The van der Waals surface area contributed by atoms with Crippen LogP contribution in [0.2, 0.25) is 0 Å². The number of benzene rings is 3. The lowest BCUT2D eigenvalue weighted by Gasteiger charge is -2.21. The SMILES string of the molecule is COc1cccc2sc(N(CC[NH+](C)C)C(=O)Cc3cccc4ccccc34)nc12. The summed E-state index contributed by atoms with van der Waals surface area (Å²) in [4.78, 5) is 21.3. The van der Waals surface area contributed by atoms with Gasteiger partial charge in [0.2, 0.25) is 5.91 Å². The van der Waals surface area contributed by atoms with Crippen molar-refractivity contribution in [3.8, 4) is 5.75 Å². The molecule has 154 valence electrons. The second kappa shape index (κ2) is 8.81. The van der Waals surface area contributed by atoms with E-state index in [1.165, 1.54) is 16.2 Å². The van der Waals surface area contributed by atoms with E-state index in [1.807, 2.05) is 47.4 Å². The zero-order valence-corrected chi connectivity index (χ0v) is 18.3. The standard InChI is InChI=1S/C24H25N3O2S/c1-26(2)14-15-27(24-25-23-20(29-3)12-7-13-21(23)30-24)22(28)16-18-10-6-9-17-8-4-5-11-19(17)18/h4-13H,14-16H2,1-3H3/p+1. The summed E-state index contributed by atoms with van der Waals surface area (Å²) < 4.78 is 6.48. The first-order valence-corrected chi connectivity index (χ1v) is 10.9. The van der Waals surface area contributed by atoms with Crippen molar-refractivity contribution in [2.24, 2.45) is 0 Å². The van der Waals surface area contributed by atoms with Gasteiger partial charge in [-0.2, -0.15) is 0 Å². The molecule has 30 heavy (non-hydrogen) atoms. The molecule has 0 bridgehead atoms. The quantitative estimate of drug-likeness (QED) is 0.500. The maximum Gasteiger partial charge on any atom is 0.233 e. The highest BCUT2D eigenvalue weighted by molar-refractivity contribution is 7.22. The monoisotopic (exact) mass is 420 g/mol. The van der Waals surface area contributed by atoms with Crippen LogP contribution in [-0.2, 0) is 11.2 Å². The van der Waals surface area contributed by atoms with Gasteiger partial charge in [0.25, 0.3) is 0 Å². The molecule has 0 saturated carbocycles. The van der Waals surface area contributed by atoms with Gasteiger partial charge in [0.15, 0.2) is 5.13 Å². The molecule has 1 N–H and O–H groups in total. The third kappa shape index (κ3) is 4.15. The molecule has 0 radical (unpaired) electrons. The number of rotatable bonds is 7. The maximum atomic E-state index is 13.5. The number of quaternary nitrogens is 1. The highest BCUT2D eigenvalue weighted by Crippen LogP contribution is 2.34. The minimum Gasteiger partial charge on any atom is -0.494 e. The van der Waals surface area contributed by atoms with Crippen LogP contribution in [0.25, 0.3) is 21.0 Å². The Morgan fingerprint density at radius 1 is 1.07 bits per heavy atom. The van der Waals surface area contributed by atoms with E-state index in [-0.39, 0.29) is 5.91 Å². The summed E-state index contributed by atoms with van der Waals surface area (Å²) in [6.45, 7) is 1.46. The molecule has 0 aliphatic rings. The first-order valence-electron chi connectivity index (χ1n) is 10.1. The molecule has 0 aliphatic heterocycles. The molecule has 0 fully saturated rings. The normalized spacial score (nSPS) is 11.3.